The molecule has 3 aromatic carbocycles. The van der Waals surface area contributed by atoms with E-state index >= 15 is 0 Å². The average Bonchev–Trinajstić information content (AvgIpc) is 0.940. The molecule has 7 aliphatic heterocycles. The summed E-state index contributed by atoms with van der Waals surface area (Å²) in [7, 11) is 0. The Kier molecular flexibility index (Phi) is 96.2. The summed E-state index contributed by atoms with van der Waals surface area (Å²) in [5, 5.41) is 26.0. The van der Waals surface area contributed by atoms with Crippen molar-refractivity contribution in [3.8, 4) is 0 Å². The van der Waals surface area contributed by atoms with Gasteiger partial charge in [0.2, 0.25) is 0 Å². The maximum absolute atomic E-state index is 5.83. The third-order valence-electron chi connectivity index (χ3n) is 20.4. The minimum absolute atomic E-state index is 0.611. The van der Waals surface area contributed by atoms with Crippen LogP contribution in [0.1, 0.15) is 18.1 Å². The SMILES string of the molecule is C1COCCNCCOCCNCCOCCN1.C1COCCNCCOCCOCCN1.C1COCCOCCNCCOCCOCCN1.C1COCCOCCOCCOCCN1.CCN1CCOCCOCCOCCOCC1.c1ccc(CN2CCOCCOCCN(Cc3ccccc3)CCOCCOCC2)cc1.c1ccc(N2CCOCCOCCOCCOCC2)cc1. The Labute approximate surface area is 816 Å². The Morgan fingerprint density at radius 2 is 0.301 bits per heavy atom. The predicted octanol–water partition coefficient (Wildman–Crippen LogP) is 1.98. The Balaban J connectivity index is 0.000000338. The van der Waals surface area contributed by atoms with Gasteiger partial charge in [-0.25, -0.2) is 0 Å². The zero-order valence-electron chi connectivity index (χ0n) is 83.4. The molecule has 0 saturated carbocycles. The first-order valence-corrected chi connectivity index (χ1v) is 50.5. The van der Waals surface area contributed by atoms with Crippen molar-refractivity contribution >= 4 is 5.69 Å². The lowest BCUT2D eigenvalue weighted by atomic mass is 10.2. The van der Waals surface area contributed by atoms with Crippen LogP contribution in [0, 0.1) is 0 Å². The largest absolute Gasteiger partial charge is 0.379 e. The molecule has 792 valence electrons. The first kappa shape index (κ1) is 124. The summed E-state index contributed by atoms with van der Waals surface area (Å²) < 4.78 is 143. The molecule has 0 spiro atoms. The van der Waals surface area contributed by atoms with Gasteiger partial charge in [0.1, 0.15) is 0 Å². The lowest BCUT2D eigenvalue weighted by Gasteiger charge is -2.24. The van der Waals surface area contributed by atoms with Crippen molar-refractivity contribution in [1.29, 1.82) is 0 Å². The van der Waals surface area contributed by atoms with Crippen LogP contribution in [0.2, 0.25) is 0 Å². The number of ether oxygens (including phenoxy) is 26. The molecule has 7 saturated heterocycles. The van der Waals surface area contributed by atoms with Crippen LogP contribution < -0.4 is 47.4 Å². The molecular weight excluding hydrogens is 1760 g/mol. The Bertz CT molecular complexity index is 2340. The monoisotopic (exact) mass is 1950 g/mol. The highest BCUT2D eigenvalue weighted by Crippen LogP contribution is 2.13. The van der Waals surface area contributed by atoms with Crippen molar-refractivity contribution in [2.45, 2.75) is 20.0 Å². The van der Waals surface area contributed by atoms with Crippen molar-refractivity contribution in [3.05, 3.63) is 102 Å². The fourth-order valence-corrected chi connectivity index (χ4v) is 12.8. The van der Waals surface area contributed by atoms with Crippen molar-refractivity contribution in [1.82, 2.24) is 57.2 Å². The highest BCUT2D eigenvalue weighted by Gasteiger charge is 2.13. The van der Waals surface area contributed by atoms with E-state index in [2.05, 4.69) is 142 Å². The number of likely N-dealkylation sites (N-methyl/N-ethyl adjacent to an activating group) is 1. The standard InChI is InChI=1S/C26H38N2O4.C16H25NO4.C12H27N3O3.C12H26N2O4.C12H25NO4.C10H22N2O3.C10H21NO4/c1-3-7-25(8-4-1)23-27-11-15-29-19-21-31-17-13-28(24-26-9-5-2-6-10-26)14-18-32-22-20-30-16-12-27;1-2-4-16(5-3-1)17-6-8-18-10-12-20-14-15-21-13-11-19-9-7-17;1-7-16-9-3-14-5-11-18-12-6-15-4-10-17-8-2-13-1;1-5-15-9-10-17-7-3-14-4-8-18-12-11-16-6-2-13-1;1-2-13-3-5-14-7-9-16-11-12-17-10-8-15-6-4-13;1-5-13-6-2-12-4-8-15-10-9-14-7-3-11-1;1-3-12-5-7-14-9-10-15-8-6-13-4-2-11-1/h1-10H,11-24H2;1-5H,6-15H2;13-15H,1-12H2;13-14H,1-12H2;2-12H2,1H3;11-12H,1-10H2;11H,1-10H2. The van der Waals surface area contributed by atoms with Gasteiger partial charge >= 0.3 is 0 Å². The zero-order valence-corrected chi connectivity index (χ0v) is 83.4. The molecule has 8 N–H and O–H groups in total. The number of benzene rings is 3. The Morgan fingerprint density at radius 1 is 0.162 bits per heavy atom. The first-order chi connectivity index (χ1) is 67.8. The normalized spacial score (nSPS) is 22.4. The van der Waals surface area contributed by atoms with Crippen LogP contribution >= 0.6 is 0 Å². The molecule has 0 unspecified atom stereocenters. The van der Waals surface area contributed by atoms with Crippen molar-refractivity contribution < 1.29 is 123 Å². The van der Waals surface area contributed by atoms with Crippen LogP contribution in [0.15, 0.2) is 91.0 Å². The van der Waals surface area contributed by atoms with Crippen molar-refractivity contribution in [3.63, 3.8) is 0 Å². The van der Waals surface area contributed by atoms with E-state index in [-0.39, 0.29) is 0 Å². The van der Waals surface area contributed by atoms with Gasteiger partial charge in [-0.15, -0.1) is 0 Å². The van der Waals surface area contributed by atoms with Crippen LogP contribution in [-0.4, -0.2) is 522 Å². The number of hydrogen-bond donors (Lipinski definition) is 8. The van der Waals surface area contributed by atoms with E-state index in [1.165, 1.54) is 16.8 Å². The van der Waals surface area contributed by atoms with Gasteiger partial charge in [-0.3, -0.25) is 14.7 Å². The minimum Gasteiger partial charge on any atom is -0.379 e. The maximum atomic E-state index is 5.83. The van der Waals surface area contributed by atoms with E-state index in [1.807, 2.05) is 18.2 Å². The molecule has 10 rings (SSSR count). The molecule has 7 aliphatic rings. The van der Waals surface area contributed by atoms with Crippen molar-refractivity contribution in [2.75, 3.05) is 512 Å². The Hall–Kier alpha value is -4.02. The predicted molar refractivity (Wildman–Crippen MR) is 528 cm³/mol. The van der Waals surface area contributed by atoms with Gasteiger partial charge in [0.05, 0.1) is 344 Å². The quantitative estimate of drug-likeness (QED) is 0.175. The highest BCUT2D eigenvalue weighted by molar-refractivity contribution is 5.45. The van der Waals surface area contributed by atoms with Gasteiger partial charge in [-0.1, -0.05) is 85.8 Å². The number of anilines is 1. The first-order valence-electron chi connectivity index (χ1n) is 50.5. The maximum Gasteiger partial charge on any atom is 0.0701 e. The van der Waals surface area contributed by atoms with Gasteiger partial charge in [0.25, 0.3) is 0 Å². The van der Waals surface area contributed by atoms with E-state index in [9.17, 15) is 0 Å². The van der Waals surface area contributed by atoms with Crippen LogP contribution in [0.4, 0.5) is 5.69 Å². The molecule has 0 radical (unpaired) electrons. The number of nitrogens with zero attached hydrogens (tertiary/aromatic N) is 4. The number of rotatable bonds is 6. The molecule has 7 fully saturated rings. The Morgan fingerprint density at radius 3 is 0.478 bits per heavy atom. The number of para-hydroxylation sites is 1. The summed E-state index contributed by atoms with van der Waals surface area (Å²) in [5.74, 6) is 0. The summed E-state index contributed by atoms with van der Waals surface area (Å²) in [6.07, 6.45) is 0. The van der Waals surface area contributed by atoms with E-state index in [0.29, 0.717) is 251 Å². The second-order valence-electron chi connectivity index (χ2n) is 31.2. The molecule has 0 amide bonds. The molecule has 38 nitrogen and oxygen atoms in total. The minimum atomic E-state index is 0.611. The van der Waals surface area contributed by atoms with E-state index in [4.69, 9.17) is 123 Å². The molecule has 38 heteroatoms. The fourth-order valence-electron chi connectivity index (χ4n) is 12.8. The van der Waals surface area contributed by atoms with Crippen LogP contribution in [-0.2, 0) is 136 Å². The van der Waals surface area contributed by atoms with E-state index in [1.54, 1.807) is 0 Å². The van der Waals surface area contributed by atoms with Crippen LogP contribution in [0.3, 0.4) is 0 Å². The highest BCUT2D eigenvalue weighted by atomic mass is 16.6. The third-order valence-corrected chi connectivity index (χ3v) is 20.4. The summed E-state index contributed by atoms with van der Waals surface area (Å²) in [5.41, 5.74) is 3.81. The van der Waals surface area contributed by atoms with E-state index < -0.39 is 0 Å². The second kappa shape index (κ2) is 105. The van der Waals surface area contributed by atoms with Gasteiger partial charge in [0.15, 0.2) is 0 Å². The lowest BCUT2D eigenvalue weighted by Crippen LogP contribution is -2.32. The van der Waals surface area contributed by atoms with Gasteiger partial charge < -0.3 is 171 Å². The van der Waals surface area contributed by atoms with Crippen LogP contribution in [0.5, 0.6) is 0 Å². The zero-order chi connectivity index (χ0) is 95.6. The number of nitrogens with one attached hydrogen (secondary N) is 8. The summed E-state index contributed by atoms with van der Waals surface area (Å²) in [6.45, 7) is 61.3. The molecule has 0 atom stereocenters. The third kappa shape index (κ3) is 88.9. The topological polar surface area (TPSA) is 349 Å². The smallest absolute Gasteiger partial charge is 0.0701 e. The molecule has 136 heavy (non-hydrogen) atoms. The second-order valence-corrected chi connectivity index (χ2v) is 31.2. The van der Waals surface area contributed by atoms with Gasteiger partial charge in [-0.05, 0) is 29.8 Å². The molecule has 0 aliphatic carbocycles. The average molecular weight is 1950 g/mol. The summed E-state index contributed by atoms with van der Waals surface area (Å²) >= 11 is 0. The van der Waals surface area contributed by atoms with Gasteiger partial charge in [-0.2, -0.15) is 0 Å². The molecular formula is C98H184N12O26. The molecule has 0 bridgehead atoms. The summed E-state index contributed by atoms with van der Waals surface area (Å²) in [6, 6.07) is 31.4. The van der Waals surface area contributed by atoms with Gasteiger partial charge in [0, 0.05) is 176 Å². The lowest BCUT2D eigenvalue weighted by molar-refractivity contribution is 0.00206. The van der Waals surface area contributed by atoms with Crippen molar-refractivity contribution in [2.24, 2.45) is 0 Å². The van der Waals surface area contributed by atoms with E-state index in [0.717, 1.165) is 269 Å². The molecule has 0 aromatic heterocycles. The number of hydrogen-bond acceptors (Lipinski definition) is 38. The fraction of sp³-hybridized carbons (Fsp3) is 0.816. The van der Waals surface area contributed by atoms with Crippen LogP contribution in [0.25, 0.3) is 0 Å². The molecule has 7 heterocycles. The molecule has 3 aromatic rings. The summed E-state index contributed by atoms with van der Waals surface area (Å²) in [4.78, 5) is 9.35.